The lowest BCUT2D eigenvalue weighted by molar-refractivity contribution is 0.314. The fourth-order valence-corrected chi connectivity index (χ4v) is 2.99. The Morgan fingerprint density at radius 1 is 1.58 bits per heavy atom. The molecule has 0 saturated carbocycles. The van der Waals surface area contributed by atoms with Crippen LogP contribution >= 0.6 is 11.6 Å². The van der Waals surface area contributed by atoms with Crippen molar-refractivity contribution in [2.75, 3.05) is 32.1 Å². The molecular weight excluding hydrogens is 260 g/mol. The zero-order chi connectivity index (χ0) is 14.0. The van der Waals surface area contributed by atoms with Gasteiger partial charge in [-0.2, -0.15) is 0 Å². The molecule has 1 atom stereocenters. The van der Waals surface area contributed by atoms with Crippen LogP contribution < -0.4 is 10.6 Å². The second-order valence-electron chi connectivity index (χ2n) is 5.20. The van der Waals surface area contributed by atoms with E-state index in [4.69, 9.17) is 22.7 Å². The van der Waals surface area contributed by atoms with Gasteiger partial charge in [-0.15, -0.1) is 0 Å². The van der Waals surface area contributed by atoms with E-state index >= 15 is 0 Å². The van der Waals surface area contributed by atoms with Gasteiger partial charge in [-0.3, -0.25) is 5.41 Å². The van der Waals surface area contributed by atoms with E-state index in [0.29, 0.717) is 16.6 Å². The summed E-state index contributed by atoms with van der Waals surface area (Å²) in [4.78, 5) is 4.53. The molecule has 2 rings (SSSR count). The number of hydrogen-bond donors (Lipinski definition) is 2. The molecule has 1 aliphatic heterocycles. The van der Waals surface area contributed by atoms with Crippen LogP contribution in [0.5, 0.6) is 0 Å². The van der Waals surface area contributed by atoms with E-state index in [-0.39, 0.29) is 5.84 Å². The summed E-state index contributed by atoms with van der Waals surface area (Å²) in [6.45, 7) is 2.09. The van der Waals surface area contributed by atoms with Gasteiger partial charge in [0.15, 0.2) is 0 Å². The molecule has 0 radical (unpaired) electrons. The molecule has 1 heterocycles. The summed E-state index contributed by atoms with van der Waals surface area (Å²) in [6.07, 6.45) is 2.47. The molecule has 19 heavy (non-hydrogen) atoms. The Labute approximate surface area is 119 Å². The molecule has 1 saturated heterocycles. The topological polar surface area (TPSA) is 56.4 Å². The maximum atomic E-state index is 7.69. The molecule has 0 spiro atoms. The quantitative estimate of drug-likeness (QED) is 0.656. The second-order valence-corrected chi connectivity index (χ2v) is 5.61. The fourth-order valence-electron chi connectivity index (χ4n) is 2.72. The third-order valence-corrected chi connectivity index (χ3v) is 4.14. The van der Waals surface area contributed by atoms with E-state index in [9.17, 15) is 0 Å². The predicted octanol–water partition coefficient (Wildman–Crippen LogP) is 2.15. The van der Waals surface area contributed by atoms with Crippen LogP contribution in [0.2, 0.25) is 5.02 Å². The Morgan fingerprint density at radius 3 is 2.89 bits per heavy atom. The Kier molecular flexibility index (Phi) is 4.32. The molecule has 3 N–H and O–H groups in total. The lowest BCUT2D eigenvalue weighted by Gasteiger charge is -2.29. The van der Waals surface area contributed by atoms with Crippen LogP contribution in [0.4, 0.5) is 5.69 Å². The van der Waals surface area contributed by atoms with Crippen LogP contribution in [0, 0.1) is 5.41 Å². The van der Waals surface area contributed by atoms with Gasteiger partial charge >= 0.3 is 0 Å². The van der Waals surface area contributed by atoms with Crippen molar-refractivity contribution in [3.8, 4) is 0 Å². The van der Waals surface area contributed by atoms with E-state index in [2.05, 4.69) is 16.8 Å². The average Bonchev–Trinajstić information content (AvgIpc) is 2.74. The highest BCUT2D eigenvalue weighted by atomic mass is 35.5. The van der Waals surface area contributed by atoms with Gasteiger partial charge in [-0.05, 0) is 38.6 Å². The number of rotatable bonds is 4. The van der Waals surface area contributed by atoms with Crippen molar-refractivity contribution in [3.63, 3.8) is 0 Å². The minimum atomic E-state index is 0.0206. The van der Waals surface area contributed by atoms with E-state index in [1.165, 1.54) is 12.8 Å². The number of nitrogens with one attached hydrogen (secondary N) is 1. The lowest BCUT2D eigenvalue weighted by Crippen LogP contribution is -2.37. The molecule has 5 heteroatoms. The van der Waals surface area contributed by atoms with Crippen LogP contribution in [0.1, 0.15) is 18.4 Å². The number of nitrogen functional groups attached to an aromatic ring is 1. The normalized spacial score (nSPS) is 19.6. The molecule has 4 nitrogen and oxygen atoms in total. The van der Waals surface area contributed by atoms with Crippen LogP contribution in [0.15, 0.2) is 18.2 Å². The van der Waals surface area contributed by atoms with Gasteiger partial charge < -0.3 is 15.5 Å². The largest absolute Gasteiger partial charge is 0.384 e. The first-order valence-electron chi connectivity index (χ1n) is 6.55. The van der Waals surface area contributed by atoms with E-state index in [1.54, 1.807) is 6.07 Å². The SMILES string of the molecule is CN(CC1CCCN1C)c1cccc(Cl)c1C(=N)N. The Bertz CT molecular complexity index is 475. The molecule has 0 aromatic heterocycles. The van der Waals surface area contributed by atoms with Gasteiger partial charge in [-0.1, -0.05) is 17.7 Å². The van der Waals surface area contributed by atoms with E-state index in [0.717, 1.165) is 18.8 Å². The Morgan fingerprint density at radius 2 is 2.32 bits per heavy atom. The summed E-state index contributed by atoms with van der Waals surface area (Å²) in [5.74, 6) is 0.0206. The van der Waals surface area contributed by atoms with Crippen molar-refractivity contribution in [1.29, 1.82) is 5.41 Å². The fraction of sp³-hybridized carbons (Fsp3) is 0.500. The summed E-state index contributed by atoms with van der Waals surface area (Å²) >= 11 is 6.16. The predicted molar refractivity (Wildman–Crippen MR) is 81.4 cm³/mol. The van der Waals surface area contributed by atoms with Gasteiger partial charge in [0.25, 0.3) is 0 Å². The second kappa shape index (κ2) is 5.80. The number of amidine groups is 1. The summed E-state index contributed by atoms with van der Waals surface area (Å²) < 4.78 is 0. The van der Waals surface area contributed by atoms with Crippen LogP contribution in [-0.4, -0.2) is 44.0 Å². The first-order chi connectivity index (χ1) is 9.00. The van der Waals surface area contributed by atoms with Crippen molar-refractivity contribution < 1.29 is 0 Å². The lowest BCUT2D eigenvalue weighted by atomic mass is 10.1. The highest BCUT2D eigenvalue weighted by Crippen LogP contribution is 2.27. The summed E-state index contributed by atoms with van der Waals surface area (Å²) in [5, 5.41) is 8.23. The van der Waals surface area contributed by atoms with E-state index < -0.39 is 0 Å². The highest BCUT2D eigenvalue weighted by Gasteiger charge is 2.23. The number of benzene rings is 1. The first-order valence-corrected chi connectivity index (χ1v) is 6.92. The Hall–Kier alpha value is -1.26. The standard InChI is InChI=1S/C14H21ClN4/c1-18-8-4-5-10(18)9-19(2)12-7-3-6-11(15)13(12)14(16)17/h3,6-7,10H,4-5,8-9H2,1-2H3,(H3,16,17). The Balaban J connectivity index is 2.21. The molecule has 1 fully saturated rings. The zero-order valence-corrected chi connectivity index (χ0v) is 12.2. The first kappa shape index (κ1) is 14.2. The third kappa shape index (κ3) is 3.01. The summed E-state index contributed by atoms with van der Waals surface area (Å²) in [5.41, 5.74) is 7.21. The molecule has 104 valence electrons. The van der Waals surface area contributed by atoms with Crippen molar-refractivity contribution >= 4 is 23.1 Å². The number of nitrogens with zero attached hydrogens (tertiary/aromatic N) is 2. The van der Waals surface area contributed by atoms with Crippen molar-refractivity contribution in [3.05, 3.63) is 28.8 Å². The highest BCUT2D eigenvalue weighted by molar-refractivity contribution is 6.34. The molecular formula is C14H21ClN4. The number of likely N-dealkylation sites (N-methyl/N-ethyl adjacent to an activating group) is 2. The molecule has 1 aromatic carbocycles. The van der Waals surface area contributed by atoms with Crippen LogP contribution in [0.25, 0.3) is 0 Å². The van der Waals surface area contributed by atoms with Crippen molar-refractivity contribution in [2.45, 2.75) is 18.9 Å². The monoisotopic (exact) mass is 280 g/mol. The average molecular weight is 281 g/mol. The summed E-state index contributed by atoms with van der Waals surface area (Å²) in [7, 11) is 4.19. The molecule has 0 bridgehead atoms. The minimum absolute atomic E-state index is 0.0206. The van der Waals surface area contributed by atoms with Crippen molar-refractivity contribution in [1.82, 2.24) is 4.90 Å². The molecule has 0 amide bonds. The number of likely N-dealkylation sites (tertiary alicyclic amines) is 1. The van der Waals surface area contributed by atoms with Gasteiger partial charge in [-0.25, -0.2) is 0 Å². The van der Waals surface area contributed by atoms with Crippen LogP contribution in [0.3, 0.4) is 0 Å². The van der Waals surface area contributed by atoms with Crippen LogP contribution in [-0.2, 0) is 0 Å². The number of hydrogen-bond acceptors (Lipinski definition) is 3. The van der Waals surface area contributed by atoms with Gasteiger partial charge in [0.2, 0.25) is 0 Å². The smallest absolute Gasteiger partial charge is 0.126 e. The van der Waals surface area contributed by atoms with Gasteiger partial charge in [0.1, 0.15) is 5.84 Å². The molecule has 1 unspecified atom stereocenters. The zero-order valence-electron chi connectivity index (χ0n) is 11.5. The van der Waals surface area contributed by atoms with E-state index in [1.807, 2.05) is 19.2 Å². The molecule has 1 aromatic rings. The maximum absolute atomic E-state index is 7.69. The maximum Gasteiger partial charge on any atom is 0.126 e. The number of anilines is 1. The molecule has 0 aliphatic carbocycles. The third-order valence-electron chi connectivity index (χ3n) is 3.83. The minimum Gasteiger partial charge on any atom is -0.384 e. The molecule has 1 aliphatic rings. The number of nitrogens with two attached hydrogens (primary N) is 1. The van der Waals surface area contributed by atoms with Gasteiger partial charge in [0.05, 0.1) is 10.6 Å². The summed E-state index contributed by atoms with van der Waals surface area (Å²) in [6, 6.07) is 6.21. The number of halogens is 1. The van der Waals surface area contributed by atoms with Crippen molar-refractivity contribution in [2.24, 2.45) is 5.73 Å². The van der Waals surface area contributed by atoms with Gasteiger partial charge in [0, 0.05) is 25.3 Å².